The van der Waals surface area contributed by atoms with Gasteiger partial charge in [0.05, 0.1) is 10.5 Å². The number of amides is 1. The minimum Gasteiger partial charge on any atom is -0.445 e. The monoisotopic (exact) mass is 388 g/mol. The van der Waals surface area contributed by atoms with E-state index in [-0.39, 0.29) is 11.3 Å². The minimum absolute atomic E-state index is 0.0569. The first kappa shape index (κ1) is 19.1. The van der Waals surface area contributed by atoms with Crippen LogP contribution in [0.1, 0.15) is 22.8 Å². The minimum atomic E-state index is -3.63. The number of rotatable bonds is 4. The van der Waals surface area contributed by atoms with E-state index in [0.717, 1.165) is 9.87 Å². The van der Waals surface area contributed by atoms with Gasteiger partial charge < -0.3 is 10.1 Å². The zero-order valence-corrected chi connectivity index (χ0v) is 16.0. The molecule has 142 valence electrons. The molecule has 0 unspecified atom stereocenters. The molecule has 0 bridgehead atoms. The molecule has 0 aliphatic carbocycles. The maximum atomic E-state index is 12.8. The summed E-state index contributed by atoms with van der Waals surface area (Å²) >= 11 is 0. The molecule has 1 atom stereocenters. The van der Waals surface area contributed by atoms with Crippen molar-refractivity contribution in [3.05, 3.63) is 59.7 Å². The van der Waals surface area contributed by atoms with Gasteiger partial charge in [-0.15, -0.1) is 0 Å². The van der Waals surface area contributed by atoms with E-state index in [1.54, 1.807) is 30.3 Å². The van der Waals surface area contributed by atoms with Crippen molar-refractivity contribution in [2.45, 2.75) is 23.8 Å². The van der Waals surface area contributed by atoms with E-state index in [2.05, 4.69) is 5.32 Å². The third kappa shape index (κ3) is 3.58. The van der Waals surface area contributed by atoms with Gasteiger partial charge in [0.25, 0.3) is 5.91 Å². The summed E-state index contributed by atoms with van der Waals surface area (Å²) < 4.78 is 31.0. The number of carbonyl (C=O) groups excluding carboxylic acids is 2. The number of anilines is 1. The lowest BCUT2D eigenvalue weighted by Crippen LogP contribution is -2.48. The van der Waals surface area contributed by atoms with Crippen LogP contribution in [-0.4, -0.2) is 44.3 Å². The number of esters is 1. The van der Waals surface area contributed by atoms with Crippen LogP contribution >= 0.6 is 0 Å². The second-order valence-electron chi connectivity index (χ2n) is 6.72. The zero-order chi connectivity index (χ0) is 19.8. The molecule has 0 spiro atoms. The highest BCUT2D eigenvalue weighted by Gasteiger charge is 2.42. The third-order valence-electron chi connectivity index (χ3n) is 4.43. The fourth-order valence-electron chi connectivity index (χ4n) is 2.87. The number of hydrogen-bond acceptors (Lipinski definition) is 5. The van der Waals surface area contributed by atoms with Crippen molar-refractivity contribution in [3.8, 4) is 0 Å². The lowest BCUT2D eigenvalue weighted by Gasteiger charge is -2.33. The van der Waals surface area contributed by atoms with E-state index in [4.69, 9.17) is 4.74 Å². The lowest BCUT2D eigenvalue weighted by atomic mass is 9.89. The van der Waals surface area contributed by atoms with Gasteiger partial charge in [0.2, 0.25) is 10.0 Å². The number of hydrogen-bond donors (Lipinski definition) is 1. The lowest BCUT2D eigenvalue weighted by molar-refractivity contribution is -0.134. The van der Waals surface area contributed by atoms with E-state index in [0.29, 0.717) is 11.3 Å². The van der Waals surface area contributed by atoms with Crippen molar-refractivity contribution < 1.29 is 22.7 Å². The maximum absolute atomic E-state index is 12.8. The fourth-order valence-corrected chi connectivity index (χ4v) is 3.82. The zero-order valence-electron chi connectivity index (χ0n) is 15.2. The molecule has 0 aromatic heterocycles. The number of carbonyl (C=O) groups is 2. The standard InChI is InChI=1S/C19H20N2O5S/c1-19(12-13-7-4-5-10-16(13)17(22)26-19)18(23)20-14-8-6-9-15(11-14)27(24,25)21(2)3/h4-11H,12H2,1-3H3,(H,20,23)/t19-/m1/s1. The van der Waals surface area contributed by atoms with Crippen molar-refractivity contribution >= 4 is 27.6 Å². The Morgan fingerprint density at radius 3 is 2.56 bits per heavy atom. The molecule has 1 heterocycles. The highest BCUT2D eigenvalue weighted by Crippen LogP contribution is 2.29. The van der Waals surface area contributed by atoms with Crippen molar-refractivity contribution in [2.75, 3.05) is 19.4 Å². The van der Waals surface area contributed by atoms with Crippen LogP contribution in [0.2, 0.25) is 0 Å². The first-order valence-electron chi connectivity index (χ1n) is 8.29. The van der Waals surface area contributed by atoms with Crippen molar-refractivity contribution in [2.24, 2.45) is 0 Å². The van der Waals surface area contributed by atoms with Crippen molar-refractivity contribution in [1.82, 2.24) is 4.31 Å². The van der Waals surface area contributed by atoms with Gasteiger partial charge in [-0.2, -0.15) is 0 Å². The quantitative estimate of drug-likeness (QED) is 0.809. The predicted molar refractivity (Wildman–Crippen MR) is 99.9 cm³/mol. The van der Waals surface area contributed by atoms with Crippen LogP contribution in [0.15, 0.2) is 53.4 Å². The molecule has 8 heteroatoms. The van der Waals surface area contributed by atoms with E-state index in [9.17, 15) is 18.0 Å². The Morgan fingerprint density at radius 1 is 1.15 bits per heavy atom. The third-order valence-corrected chi connectivity index (χ3v) is 6.24. The Morgan fingerprint density at radius 2 is 1.85 bits per heavy atom. The summed E-state index contributed by atoms with van der Waals surface area (Å²) in [5.74, 6) is -1.08. The first-order valence-corrected chi connectivity index (χ1v) is 9.73. The summed E-state index contributed by atoms with van der Waals surface area (Å²) in [5.41, 5.74) is 0.0956. The van der Waals surface area contributed by atoms with Gasteiger partial charge in [-0.25, -0.2) is 17.5 Å². The highest BCUT2D eigenvalue weighted by atomic mass is 32.2. The second-order valence-corrected chi connectivity index (χ2v) is 8.88. The van der Waals surface area contributed by atoms with Crippen LogP contribution < -0.4 is 5.32 Å². The first-order chi connectivity index (χ1) is 12.6. The number of fused-ring (bicyclic) bond motifs is 1. The summed E-state index contributed by atoms with van der Waals surface area (Å²) in [6.45, 7) is 1.54. The number of sulfonamides is 1. The molecule has 1 aliphatic rings. The molecule has 7 nitrogen and oxygen atoms in total. The summed E-state index contributed by atoms with van der Waals surface area (Å²) in [5, 5.41) is 2.66. The Bertz CT molecular complexity index is 1020. The van der Waals surface area contributed by atoms with Crippen LogP contribution in [-0.2, 0) is 26.0 Å². The molecule has 0 radical (unpaired) electrons. The van der Waals surface area contributed by atoms with Gasteiger partial charge in [0, 0.05) is 26.2 Å². The molecule has 1 N–H and O–H groups in total. The Kier molecular flexibility index (Phi) is 4.79. The van der Waals surface area contributed by atoms with Crippen LogP contribution in [0, 0.1) is 0 Å². The number of cyclic esters (lactones) is 1. The summed E-state index contributed by atoms with van der Waals surface area (Å²) in [7, 11) is -0.765. The Hall–Kier alpha value is -2.71. The molecule has 0 fully saturated rings. The van der Waals surface area contributed by atoms with Gasteiger partial charge in [-0.1, -0.05) is 24.3 Å². The number of benzene rings is 2. The van der Waals surface area contributed by atoms with Gasteiger partial charge >= 0.3 is 5.97 Å². The molecule has 0 saturated heterocycles. The summed E-state index contributed by atoms with van der Waals surface area (Å²) in [4.78, 5) is 25.1. The molecular weight excluding hydrogens is 368 g/mol. The molecule has 1 amide bonds. The highest BCUT2D eigenvalue weighted by molar-refractivity contribution is 7.89. The van der Waals surface area contributed by atoms with E-state index >= 15 is 0 Å². The Labute approximate surface area is 158 Å². The number of ether oxygens (including phenoxy) is 1. The van der Waals surface area contributed by atoms with Gasteiger partial charge in [-0.05, 0) is 36.8 Å². The molecule has 2 aromatic rings. The normalized spacial score (nSPS) is 19.3. The maximum Gasteiger partial charge on any atom is 0.339 e. The summed E-state index contributed by atoms with van der Waals surface area (Å²) in [6, 6.07) is 12.9. The molecule has 3 rings (SSSR count). The number of nitrogens with zero attached hydrogens (tertiary/aromatic N) is 1. The van der Waals surface area contributed by atoms with Crippen LogP contribution in [0.3, 0.4) is 0 Å². The van der Waals surface area contributed by atoms with E-state index in [1.165, 1.54) is 39.2 Å². The summed E-state index contributed by atoms with van der Waals surface area (Å²) in [6.07, 6.45) is 0.233. The second kappa shape index (κ2) is 6.79. The molecule has 27 heavy (non-hydrogen) atoms. The van der Waals surface area contributed by atoms with Crippen molar-refractivity contribution in [1.29, 1.82) is 0 Å². The Balaban J connectivity index is 1.85. The molecule has 0 saturated carbocycles. The largest absolute Gasteiger partial charge is 0.445 e. The predicted octanol–water partition coefficient (Wildman–Crippen LogP) is 2.05. The molecule has 2 aromatic carbocycles. The molecule has 1 aliphatic heterocycles. The smallest absolute Gasteiger partial charge is 0.339 e. The fraction of sp³-hybridized carbons (Fsp3) is 0.263. The van der Waals surface area contributed by atoms with Crippen molar-refractivity contribution in [3.63, 3.8) is 0 Å². The average Bonchev–Trinajstić information content (AvgIpc) is 2.61. The topological polar surface area (TPSA) is 92.8 Å². The van der Waals surface area contributed by atoms with Gasteiger partial charge in [0.1, 0.15) is 0 Å². The van der Waals surface area contributed by atoms with Crippen LogP contribution in [0.5, 0.6) is 0 Å². The van der Waals surface area contributed by atoms with Crippen LogP contribution in [0.4, 0.5) is 5.69 Å². The van der Waals surface area contributed by atoms with E-state index < -0.39 is 27.5 Å². The van der Waals surface area contributed by atoms with Crippen LogP contribution in [0.25, 0.3) is 0 Å². The average molecular weight is 388 g/mol. The van der Waals surface area contributed by atoms with Gasteiger partial charge in [-0.3, -0.25) is 4.79 Å². The number of nitrogens with one attached hydrogen (secondary N) is 1. The van der Waals surface area contributed by atoms with Gasteiger partial charge in [0.15, 0.2) is 5.60 Å². The molecular formula is C19H20N2O5S. The van der Waals surface area contributed by atoms with E-state index in [1.807, 2.05) is 0 Å². The SMILES string of the molecule is CN(C)S(=O)(=O)c1cccc(NC(=O)[C@@]2(C)Cc3ccccc3C(=O)O2)c1.